The molecule has 28 heavy (non-hydrogen) atoms. The van der Waals surface area contributed by atoms with Crippen molar-refractivity contribution in [2.45, 2.75) is 0 Å². The van der Waals surface area contributed by atoms with Crippen molar-refractivity contribution in [1.82, 2.24) is 0 Å². The molecule has 0 fully saturated rings. The first-order chi connectivity index (χ1) is 13.9. The number of thiophene rings is 1. The van der Waals surface area contributed by atoms with Crippen molar-refractivity contribution in [2.24, 2.45) is 0 Å². The van der Waals surface area contributed by atoms with Crippen LogP contribution in [0.3, 0.4) is 0 Å². The molecule has 0 aliphatic carbocycles. The van der Waals surface area contributed by atoms with E-state index >= 15 is 0 Å². The summed E-state index contributed by atoms with van der Waals surface area (Å²) < 4.78 is 1.35. The molecule has 0 aliphatic heterocycles. The Kier molecular flexibility index (Phi) is 4.65. The van der Waals surface area contributed by atoms with Crippen molar-refractivity contribution in [3.63, 3.8) is 0 Å². The molecule has 0 aliphatic rings. The fourth-order valence-corrected chi connectivity index (χ4v) is 7.67. The summed E-state index contributed by atoms with van der Waals surface area (Å²) in [7, 11) is -1.08. The fraction of sp³-hybridized carbons (Fsp3) is 0. The summed E-state index contributed by atoms with van der Waals surface area (Å²) in [6.07, 6.45) is 0. The van der Waals surface area contributed by atoms with Gasteiger partial charge in [0, 0.05) is 9.58 Å². The molecular weight excluding hydrogens is 372 g/mol. The SMILES string of the molecule is c1ccc([Si](c2ccccc2)c2ccccc2-c2cc3ccccc3s2)cc1. The van der Waals surface area contributed by atoms with Crippen LogP contribution in [0.5, 0.6) is 0 Å². The second-order valence-corrected chi connectivity index (χ2v) is 10.3. The highest BCUT2D eigenvalue weighted by molar-refractivity contribution is 7.22. The molecule has 0 bridgehead atoms. The highest BCUT2D eigenvalue weighted by Crippen LogP contribution is 2.32. The van der Waals surface area contributed by atoms with Crippen LogP contribution in [0.1, 0.15) is 0 Å². The molecule has 0 unspecified atom stereocenters. The highest BCUT2D eigenvalue weighted by atomic mass is 32.1. The van der Waals surface area contributed by atoms with Gasteiger partial charge in [0.1, 0.15) is 0 Å². The van der Waals surface area contributed by atoms with Crippen molar-refractivity contribution in [1.29, 1.82) is 0 Å². The molecule has 0 saturated carbocycles. The molecule has 0 N–H and O–H groups in total. The minimum Gasteiger partial charge on any atom is -0.135 e. The first-order valence-electron chi connectivity index (χ1n) is 9.46. The van der Waals surface area contributed by atoms with E-state index in [0.717, 1.165) is 0 Å². The molecule has 1 radical (unpaired) electrons. The van der Waals surface area contributed by atoms with Crippen LogP contribution >= 0.6 is 11.3 Å². The molecule has 2 heteroatoms. The summed E-state index contributed by atoms with van der Waals surface area (Å²) in [6, 6.07) is 41.9. The molecule has 0 amide bonds. The Bertz CT molecular complexity index is 1140. The molecule has 0 nitrogen and oxygen atoms in total. The summed E-state index contributed by atoms with van der Waals surface area (Å²) in [6.45, 7) is 0. The topological polar surface area (TPSA) is 0 Å². The van der Waals surface area contributed by atoms with E-state index < -0.39 is 8.80 Å². The third-order valence-electron chi connectivity index (χ3n) is 5.01. The van der Waals surface area contributed by atoms with Gasteiger partial charge in [0.15, 0.2) is 8.80 Å². The van der Waals surface area contributed by atoms with Crippen LogP contribution in [-0.2, 0) is 0 Å². The standard InChI is InChI=1S/C26H19SSi/c1-3-12-21(13-4-1)28(22-14-5-2-6-15-22)26-18-10-8-16-23(26)25-19-20-11-7-9-17-24(20)27-25/h1-19H. The van der Waals surface area contributed by atoms with Gasteiger partial charge in [-0.3, -0.25) is 0 Å². The maximum absolute atomic E-state index is 2.34. The maximum atomic E-state index is 2.34. The summed E-state index contributed by atoms with van der Waals surface area (Å²) >= 11 is 1.89. The van der Waals surface area contributed by atoms with E-state index in [0.29, 0.717) is 0 Å². The van der Waals surface area contributed by atoms with Crippen LogP contribution in [0.4, 0.5) is 0 Å². The van der Waals surface area contributed by atoms with Crippen LogP contribution < -0.4 is 15.6 Å². The Labute approximate surface area is 171 Å². The summed E-state index contributed by atoms with van der Waals surface area (Å²) in [5.41, 5.74) is 1.37. The number of hydrogen-bond acceptors (Lipinski definition) is 1. The lowest BCUT2D eigenvalue weighted by atomic mass is 10.1. The molecule has 0 atom stereocenters. The Morgan fingerprint density at radius 3 is 1.79 bits per heavy atom. The molecule has 5 aromatic rings. The van der Waals surface area contributed by atoms with Crippen LogP contribution in [0, 0.1) is 0 Å². The number of hydrogen-bond donors (Lipinski definition) is 0. The molecule has 1 heterocycles. The van der Waals surface area contributed by atoms with Crippen molar-refractivity contribution < 1.29 is 0 Å². The zero-order valence-electron chi connectivity index (χ0n) is 15.4. The minimum absolute atomic E-state index is 1.08. The van der Waals surface area contributed by atoms with E-state index in [4.69, 9.17) is 0 Å². The average Bonchev–Trinajstić information content (AvgIpc) is 3.20. The predicted molar refractivity (Wildman–Crippen MR) is 125 cm³/mol. The Morgan fingerprint density at radius 2 is 1.11 bits per heavy atom. The van der Waals surface area contributed by atoms with Gasteiger partial charge in [-0.1, -0.05) is 114 Å². The fourth-order valence-electron chi connectivity index (χ4n) is 3.72. The summed E-state index contributed by atoms with van der Waals surface area (Å²) in [5.74, 6) is 0. The summed E-state index contributed by atoms with van der Waals surface area (Å²) in [4.78, 5) is 1.35. The van der Waals surface area contributed by atoms with E-state index in [1.165, 1.54) is 36.1 Å². The highest BCUT2D eigenvalue weighted by Gasteiger charge is 2.23. The third-order valence-corrected chi connectivity index (χ3v) is 8.96. The lowest BCUT2D eigenvalue weighted by Crippen LogP contribution is -2.52. The number of rotatable bonds is 4. The lowest BCUT2D eigenvalue weighted by molar-refractivity contribution is 1.70. The zero-order chi connectivity index (χ0) is 18.8. The number of benzene rings is 4. The molecular formula is C26H19SSi. The van der Waals surface area contributed by atoms with Crippen LogP contribution in [-0.4, -0.2) is 8.80 Å². The van der Waals surface area contributed by atoms with E-state index in [-0.39, 0.29) is 0 Å². The van der Waals surface area contributed by atoms with Crippen molar-refractivity contribution in [2.75, 3.05) is 0 Å². The average molecular weight is 392 g/mol. The Morgan fingerprint density at radius 1 is 0.536 bits per heavy atom. The molecule has 0 saturated heterocycles. The van der Waals surface area contributed by atoms with Crippen LogP contribution in [0.25, 0.3) is 20.5 Å². The summed E-state index contributed by atoms with van der Waals surface area (Å²) in [5, 5.41) is 5.63. The van der Waals surface area contributed by atoms with Gasteiger partial charge in [-0.2, -0.15) is 0 Å². The number of fused-ring (bicyclic) bond motifs is 1. The first kappa shape index (κ1) is 17.2. The molecule has 5 rings (SSSR count). The predicted octanol–water partition coefficient (Wildman–Crippen LogP) is 5.08. The third kappa shape index (κ3) is 3.22. The molecule has 0 spiro atoms. The van der Waals surface area contributed by atoms with Gasteiger partial charge in [-0.15, -0.1) is 11.3 Å². The van der Waals surface area contributed by atoms with Gasteiger partial charge in [0.05, 0.1) is 0 Å². The first-order valence-corrected chi connectivity index (χ1v) is 11.8. The molecule has 133 valence electrons. The second-order valence-electron chi connectivity index (χ2n) is 6.80. The Balaban J connectivity index is 1.72. The lowest BCUT2D eigenvalue weighted by Gasteiger charge is -2.19. The maximum Gasteiger partial charge on any atom is 0.155 e. The largest absolute Gasteiger partial charge is 0.155 e. The quantitative estimate of drug-likeness (QED) is 0.296. The van der Waals surface area contributed by atoms with Gasteiger partial charge in [-0.25, -0.2) is 0 Å². The minimum atomic E-state index is -1.08. The van der Waals surface area contributed by atoms with E-state index in [9.17, 15) is 0 Å². The van der Waals surface area contributed by atoms with Gasteiger partial charge < -0.3 is 0 Å². The van der Waals surface area contributed by atoms with Crippen molar-refractivity contribution in [3.8, 4) is 10.4 Å². The zero-order valence-corrected chi connectivity index (χ0v) is 17.2. The normalized spacial score (nSPS) is 11.2. The molecule has 1 aromatic heterocycles. The van der Waals surface area contributed by atoms with Gasteiger partial charge in [0.2, 0.25) is 0 Å². The van der Waals surface area contributed by atoms with Crippen molar-refractivity contribution in [3.05, 3.63) is 115 Å². The van der Waals surface area contributed by atoms with E-state index in [1.807, 2.05) is 11.3 Å². The van der Waals surface area contributed by atoms with Crippen LogP contribution in [0.15, 0.2) is 115 Å². The van der Waals surface area contributed by atoms with Gasteiger partial charge in [0.25, 0.3) is 0 Å². The smallest absolute Gasteiger partial charge is 0.135 e. The van der Waals surface area contributed by atoms with Gasteiger partial charge in [-0.05, 0) is 28.3 Å². The van der Waals surface area contributed by atoms with E-state index in [1.54, 1.807) is 0 Å². The second kappa shape index (κ2) is 7.59. The van der Waals surface area contributed by atoms with Crippen LogP contribution in [0.2, 0.25) is 0 Å². The Hall–Kier alpha value is -2.94. The van der Waals surface area contributed by atoms with Crippen molar-refractivity contribution >= 4 is 45.8 Å². The van der Waals surface area contributed by atoms with Gasteiger partial charge >= 0.3 is 0 Å². The van der Waals surface area contributed by atoms with E-state index in [2.05, 4.69) is 115 Å². The molecule has 4 aromatic carbocycles. The monoisotopic (exact) mass is 391 g/mol.